The number of amides is 1. The summed E-state index contributed by atoms with van der Waals surface area (Å²) < 4.78 is 0. The first kappa shape index (κ1) is 13.9. The van der Waals surface area contributed by atoms with Gasteiger partial charge in [-0.1, -0.05) is 32.9 Å². The Morgan fingerprint density at radius 3 is 2.37 bits per heavy atom. The molecule has 104 valence electrons. The van der Waals surface area contributed by atoms with Crippen molar-refractivity contribution in [2.45, 2.75) is 40.7 Å². The van der Waals surface area contributed by atoms with Gasteiger partial charge in [-0.05, 0) is 26.0 Å². The van der Waals surface area contributed by atoms with Crippen LogP contribution in [0.1, 0.15) is 34.6 Å². The van der Waals surface area contributed by atoms with Gasteiger partial charge in [0.25, 0.3) is 0 Å². The van der Waals surface area contributed by atoms with E-state index in [0.717, 1.165) is 18.8 Å². The fourth-order valence-corrected chi connectivity index (χ4v) is 2.71. The smallest absolute Gasteiger partial charge is 0.232 e. The molecule has 19 heavy (non-hydrogen) atoms. The number of benzene rings is 1. The minimum atomic E-state index is -0.346. The lowest BCUT2D eigenvalue weighted by molar-refractivity contribution is -0.125. The fourth-order valence-electron chi connectivity index (χ4n) is 2.71. The van der Waals surface area contributed by atoms with Gasteiger partial charge in [-0.3, -0.25) is 4.79 Å². The minimum Gasteiger partial charge on any atom is -0.366 e. The van der Waals surface area contributed by atoms with Gasteiger partial charge >= 0.3 is 0 Å². The highest BCUT2D eigenvalue weighted by Gasteiger charge is 2.35. The van der Waals surface area contributed by atoms with Gasteiger partial charge < -0.3 is 9.80 Å². The highest BCUT2D eigenvalue weighted by molar-refractivity contribution is 6.00. The summed E-state index contributed by atoms with van der Waals surface area (Å²) in [4.78, 5) is 16.9. The van der Waals surface area contributed by atoms with E-state index in [1.54, 1.807) is 0 Å². The number of likely N-dealkylation sites (N-methyl/N-ethyl adjacent to an activating group) is 1. The van der Waals surface area contributed by atoms with Gasteiger partial charge in [0.15, 0.2) is 0 Å². The third kappa shape index (κ3) is 2.46. The van der Waals surface area contributed by atoms with Crippen LogP contribution in [0.5, 0.6) is 0 Å². The van der Waals surface area contributed by atoms with E-state index in [1.807, 2.05) is 43.9 Å². The Labute approximate surface area is 116 Å². The van der Waals surface area contributed by atoms with Crippen molar-refractivity contribution in [3.05, 3.63) is 24.3 Å². The Morgan fingerprint density at radius 2 is 1.84 bits per heavy atom. The zero-order chi connectivity index (χ0) is 14.2. The second-order valence-electron chi connectivity index (χ2n) is 6.29. The standard InChI is InChI=1S/C16H24N2O/c1-6-17-12(2)11-18(15(19)16(3,4)5)14-10-8-7-9-13(14)17/h7-10,12H,6,11H2,1-5H3. The number of hydrogen-bond donors (Lipinski definition) is 0. The van der Waals surface area contributed by atoms with Crippen LogP contribution >= 0.6 is 0 Å². The van der Waals surface area contributed by atoms with Crippen LogP contribution in [0.2, 0.25) is 0 Å². The second kappa shape index (κ2) is 4.87. The molecule has 1 atom stereocenters. The van der Waals surface area contributed by atoms with Gasteiger partial charge in [0.05, 0.1) is 11.4 Å². The largest absolute Gasteiger partial charge is 0.366 e. The Bertz CT molecular complexity index is 476. The predicted molar refractivity (Wildman–Crippen MR) is 80.7 cm³/mol. The van der Waals surface area contributed by atoms with Crippen molar-refractivity contribution in [2.75, 3.05) is 22.9 Å². The highest BCUT2D eigenvalue weighted by Crippen LogP contribution is 2.37. The highest BCUT2D eigenvalue weighted by atomic mass is 16.2. The summed E-state index contributed by atoms with van der Waals surface area (Å²) in [7, 11) is 0. The summed E-state index contributed by atoms with van der Waals surface area (Å²) in [6, 6.07) is 8.56. The number of nitrogens with zero attached hydrogens (tertiary/aromatic N) is 2. The molecular formula is C16H24N2O. The Kier molecular flexibility index (Phi) is 3.57. The van der Waals surface area contributed by atoms with E-state index in [9.17, 15) is 4.79 Å². The van der Waals surface area contributed by atoms with Crippen molar-refractivity contribution in [3.63, 3.8) is 0 Å². The molecular weight excluding hydrogens is 236 g/mol. The second-order valence-corrected chi connectivity index (χ2v) is 6.29. The Balaban J connectivity index is 2.46. The molecule has 0 spiro atoms. The van der Waals surface area contributed by atoms with Crippen molar-refractivity contribution in [3.8, 4) is 0 Å². The molecule has 1 aliphatic heterocycles. The number of para-hydroxylation sites is 2. The van der Waals surface area contributed by atoms with E-state index in [2.05, 4.69) is 24.8 Å². The number of carbonyl (C=O) groups excluding carboxylic acids is 1. The SMILES string of the molecule is CCN1c2ccccc2N(C(=O)C(C)(C)C)CC1C. The third-order valence-electron chi connectivity index (χ3n) is 3.69. The average Bonchev–Trinajstić information content (AvgIpc) is 2.36. The molecule has 0 saturated heterocycles. The molecule has 0 aliphatic carbocycles. The van der Waals surface area contributed by atoms with E-state index in [-0.39, 0.29) is 11.3 Å². The van der Waals surface area contributed by atoms with Crippen molar-refractivity contribution in [2.24, 2.45) is 5.41 Å². The molecule has 1 amide bonds. The van der Waals surface area contributed by atoms with E-state index in [1.165, 1.54) is 5.69 Å². The summed E-state index contributed by atoms with van der Waals surface area (Å²) in [5, 5.41) is 0. The predicted octanol–water partition coefficient (Wildman–Crippen LogP) is 3.29. The zero-order valence-electron chi connectivity index (χ0n) is 12.6. The molecule has 1 aromatic rings. The maximum Gasteiger partial charge on any atom is 0.232 e. The van der Waals surface area contributed by atoms with Crippen molar-refractivity contribution in [1.82, 2.24) is 0 Å². The molecule has 3 heteroatoms. The first-order valence-corrected chi connectivity index (χ1v) is 7.04. The maximum absolute atomic E-state index is 12.6. The van der Waals surface area contributed by atoms with Gasteiger partial charge in [-0.25, -0.2) is 0 Å². The van der Waals surface area contributed by atoms with Gasteiger partial charge in [0, 0.05) is 24.5 Å². The average molecular weight is 260 g/mol. The molecule has 1 heterocycles. The molecule has 0 fully saturated rings. The monoisotopic (exact) mass is 260 g/mol. The van der Waals surface area contributed by atoms with E-state index >= 15 is 0 Å². The molecule has 0 bridgehead atoms. The lowest BCUT2D eigenvalue weighted by Gasteiger charge is -2.43. The van der Waals surface area contributed by atoms with Crippen molar-refractivity contribution in [1.29, 1.82) is 0 Å². The minimum absolute atomic E-state index is 0.197. The van der Waals surface area contributed by atoms with E-state index < -0.39 is 0 Å². The first-order valence-electron chi connectivity index (χ1n) is 7.04. The normalized spacial score (nSPS) is 19.3. The van der Waals surface area contributed by atoms with Crippen LogP contribution in [0.3, 0.4) is 0 Å². The molecule has 1 aromatic carbocycles. The number of rotatable bonds is 1. The molecule has 0 aromatic heterocycles. The van der Waals surface area contributed by atoms with E-state index in [4.69, 9.17) is 0 Å². The molecule has 2 rings (SSSR count). The molecule has 0 saturated carbocycles. The summed E-state index contributed by atoms with van der Waals surface area (Å²) in [6.07, 6.45) is 0. The topological polar surface area (TPSA) is 23.6 Å². The van der Waals surface area contributed by atoms with Gasteiger partial charge in [0.2, 0.25) is 5.91 Å². The van der Waals surface area contributed by atoms with Crippen LogP contribution in [-0.2, 0) is 4.79 Å². The van der Waals surface area contributed by atoms with Gasteiger partial charge in [0.1, 0.15) is 0 Å². The molecule has 0 N–H and O–H groups in total. The lowest BCUT2D eigenvalue weighted by Crippen LogP contribution is -2.52. The summed E-state index contributed by atoms with van der Waals surface area (Å²) in [5.41, 5.74) is 1.87. The van der Waals surface area contributed by atoms with Crippen LogP contribution in [0.15, 0.2) is 24.3 Å². The summed E-state index contributed by atoms with van der Waals surface area (Å²) in [6.45, 7) is 12.0. The quantitative estimate of drug-likeness (QED) is 0.773. The first-order chi connectivity index (χ1) is 8.86. The number of anilines is 2. The molecule has 3 nitrogen and oxygen atoms in total. The van der Waals surface area contributed by atoms with Gasteiger partial charge in [-0.15, -0.1) is 0 Å². The van der Waals surface area contributed by atoms with Gasteiger partial charge in [-0.2, -0.15) is 0 Å². The van der Waals surface area contributed by atoms with Crippen LogP contribution < -0.4 is 9.80 Å². The number of carbonyl (C=O) groups is 1. The van der Waals surface area contributed by atoms with E-state index in [0.29, 0.717) is 6.04 Å². The third-order valence-corrected chi connectivity index (χ3v) is 3.69. The van der Waals surface area contributed by atoms with Crippen LogP contribution in [0, 0.1) is 5.41 Å². The van der Waals surface area contributed by atoms with Crippen LogP contribution in [0.25, 0.3) is 0 Å². The Morgan fingerprint density at radius 1 is 1.26 bits per heavy atom. The van der Waals surface area contributed by atoms with Crippen molar-refractivity contribution >= 4 is 17.3 Å². The zero-order valence-corrected chi connectivity index (χ0v) is 12.6. The van der Waals surface area contributed by atoms with Crippen LogP contribution in [-0.4, -0.2) is 25.0 Å². The lowest BCUT2D eigenvalue weighted by atomic mass is 9.93. The summed E-state index contributed by atoms with van der Waals surface area (Å²) in [5.74, 6) is 0.197. The Hall–Kier alpha value is -1.51. The van der Waals surface area contributed by atoms with Crippen molar-refractivity contribution < 1.29 is 4.79 Å². The number of hydrogen-bond acceptors (Lipinski definition) is 2. The molecule has 0 radical (unpaired) electrons. The fraction of sp³-hybridized carbons (Fsp3) is 0.562. The molecule has 1 aliphatic rings. The molecule has 1 unspecified atom stereocenters. The maximum atomic E-state index is 12.6. The van der Waals surface area contributed by atoms with Crippen LogP contribution in [0.4, 0.5) is 11.4 Å². The number of fused-ring (bicyclic) bond motifs is 1. The summed E-state index contributed by atoms with van der Waals surface area (Å²) >= 11 is 0.